The number of hydrogen-bond donors (Lipinski definition) is 2. The normalized spacial score (nSPS) is 21.2. The summed E-state index contributed by atoms with van der Waals surface area (Å²) in [7, 11) is 3.61. The van der Waals surface area contributed by atoms with Crippen molar-refractivity contribution in [3.8, 4) is 0 Å². The maximum Gasteiger partial charge on any atom is 0.251 e. The summed E-state index contributed by atoms with van der Waals surface area (Å²) < 4.78 is 0. The van der Waals surface area contributed by atoms with Gasteiger partial charge in [-0.3, -0.25) is 19.2 Å². The number of fused-ring (bicyclic) bond motifs is 1. The highest BCUT2D eigenvalue weighted by atomic mass is 16.2. The number of nitrogens with one attached hydrogen (secondary N) is 1. The highest BCUT2D eigenvalue weighted by molar-refractivity contribution is 6.01. The lowest BCUT2D eigenvalue weighted by molar-refractivity contribution is -0.138. The Morgan fingerprint density at radius 3 is 2.41 bits per heavy atom. The predicted octanol–water partition coefficient (Wildman–Crippen LogP) is 0.356. The molecule has 3 unspecified atom stereocenters. The Balaban J connectivity index is 1.75. The van der Waals surface area contributed by atoms with E-state index in [0.29, 0.717) is 30.6 Å². The highest BCUT2D eigenvalue weighted by Gasteiger charge is 2.52. The van der Waals surface area contributed by atoms with Gasteiger partial charge >= 0.3 is 0 Å². The van der Waals surface area contributed by atoms with E-state index in [9.17, 15) is 19.2 Å². The topological polar surface area (TPSA) is 116 Å². The molecule has 3 atom stereocenters. The van der Waals surface area contributed by atoms with Gasteiger partial charge in [0.2, 0.25) is 11.8 Å². The summed E-state index contributed by atoms with van der Waals surface area (Å²) in [5, 5.41) is 2.85. The molecule has 0 aromatic heterocycles. The van der Waals surface area contributed by atoms with Crippen LogP contribution in [0.2, 0.25) is 0 Å². The quantitative estimate of drug-likeness (QED) is 0.588. The van der Waals surface area contributed by atoms with Gasteiger partial charge in [-0.1, -0.05) is 13.8 Å². The monoisotopic (exact) mass is 443 g/mol. The van der Waals surface area contributed by atoms with E-state index in [1.54, 1.807) is 53.1 Å². The van der Waals surface area contributed by atoms with Crippen molar-refractivity contribution in [1.29, 1.82) is 0 Å². The molecule has 174 valence electrons. The number of carbonyl (C=O) groups is 4. The average Bonchev–Trinajstić information content (AvgIpc) is 3.28. The van der Waals surface area contributed by atoms with E-state index in [4.69, 9.17) is 5.73 Å². The summed E-state index contributed by atoms with van der Waals surface area (Å²) in [5.41, 5.74) is 6.65. The zero-order valence-electron chi connectivity index (χ0n) is 19.2. The number of Topliss-reactive ketones (excluding diaryl/α,β-unsaturated/α-hetero) is 1. The van der Waals surface area contributed by atoms with Gasteiger partial charge in [0.15, 0.2) is 5.78 Å². The highest BCUT2D eigenvalue weighted by Crippen LogP contribution is 2.31. The zero-order chi connectivity index (χ0) is 23.6. The van der Waals surface area contributed by atoms with Crippen molar-refractivity contribution in [3.05, 3.63) is 29.8 Å². The number of nitrogens with two attached hydrogens (primary N) is 1. The molecule has 32 heavy (non-hydrogen) atoms. The van der Waals surface area contributed by atoms with Crippen molar-refractivity contribution in [3.63, 3.8) is 0 Å². The van der Waals surface area contributed by atoms with Crippen LogP contribution < -0.4 is 11.1 Å². The predicted molar refractivity (Wildman–Crippen MR) is 121 cm³/mol. The molecule has 2 aliphatic rings. The lowest BCUT2D eigenvalue weighted by atomic mass is 10.0. The molecule has 3 rings (SSSR count). The first-order chi connectivity index (χ1) is 15.1. The Bertz CT molecular complexity index is 883. The molecule has 0 bridgehead atoms. The number of anilines is 1. The van der Waals surface area contributed by atoms with Crippen molar-refractivity contribution >= 4 is 29.2 Å². The van der Waals surface area contributed by atoms with Gasteiger partial charge in [0.1, 0.15) is 12.1 Å². The number of hydrogen-bond acceptors (Lipinski definition) is 6. The molecule has 0 radical (unpaired) electrons. The minimum Gasteiger partial charge on any atom is -0.399 e. The Labute approximate surface area is 188 Å². The molecule has 3 N–H and O–H groups in total. The SMILES string of the molecule is CC(C)CC(NC(=O)c1ccc(N)cc1)C(=O)N1CCC2C1C(=O)CN2C(=O)CN(C)C. The molecule has 2 heterocycles. The van der Waals surface area contributed by atoms with Gasteiger partial charge in [-0.15, -0.1) is 0 Å². The molecular weight excluding hydrogens is 410 g/mol. The first-order valence-corrected chi connectivity index (χ1v) is 11.0. The van der Waals surface area contributed by atoms with Crippen LogP contribution in [0.3, 0.4) is 0 Å². The van der Waals surface area contributed by atoms with E-state index < -0.39 is 12.1 Å². The number of likely N-dealkylation sites (tertiary alicyclic amines) is 2. The number of benzene rings is 1. The second-order valence-electron chi connectivity index (χ2n) is 9.34. The van der Waals surface area contributed by atoms with Crippen LogP contribution in [-0.2, 0) is 14.4 Å². The summed E-state index contributed by atoms with van der Waals surface area (Å²) in [6, 6.07) is 4.80. The van der Waals surface area contributed by atoms with Crippen molar-refractivity contribution < 1.29 is 19.2 Å². The Kier molecular flexibility index (Phi) is 7.18. The fraction of sp³-hybridized carbons (Fsp3) is 0.565. The Morgan fingerprint density at radius 2 is 1.81 bits per heavy atom. The molecule has 2 aliphatic heterocycles. The molecule has 9 heteroatoms. The second kappa shape index (κ2) is 9.68. The number of likely N-dealkylation sites (N-methyl/N-ethyl adjacent to an activating group) is 1. The summed E-state index contributed by atoms with van der Waals surface area (Å²) in [4.78, 5) is 56.5. The van der Waals surface area contributed by atoms with E-state index in [2.05, 4.69) is 5.32 Å². The molecule has 2 fully saturated rings. The van der Waals surface area contributed by atoms with Gasteiger partial charge in [0, 0.05) is 17.8 Å². The molecule has 9 nitrogen and oxygen atoms in total. The molecular formula is C23H33N5O4. The summed E-state index contributed by atoms with van der Waals surface area (Å²) in [5.74, 6) is -0.710. The van der Waals surface area contributed by atoms with E-state index in [1.165, 1.54) is 0 Å². The fourth-order valence-corrected chi connectivity index (χ4v) is 4.52. The minimum atomic E-state index is -0.752. The first-order valence-electron chi connectivity index (χ1n) is 11.0. The van der Waals surface area contributed by atoms with Gasteiger partial charge < -0.3 is 25.8 Å². The fourth-order valence-electron chi connectivity index (χ4n) is 4.52. The Hall–Kier alpha value is -2.94. The van der Waals surface area contributed by atoms with Crippen LogP contribution >= 0.6 is 0 Å². The lowest BCUT2D eigenvalue weighted by Crippen LogP contribution is -2.53. The number of ketones is 1. The average molecular weight is 444 g/mol. The van der Waals surface area contributed by atoms with Gasteiger partial charge in [-0.2, -0.15) is 0 Å². The van der Waals surface area contributed by atoms with Crippen molar-refractivity contribution in [1.82, 2.24) is 20.0 Å². The van der Waals surface area contributed by atoms with E-state index in [-0.39, 0.29) is 48.6 Å². The second-order valence-corrected chi connectivity index (χ2v) is 9.34. The molecule has 0 aliphatic carbocycles. The van der Waals surface area contributed by atoms with E-state index in [0.717, 1.165) is 0 Å². The number of nitrogen functional groups attached to an aromatic ring is 1. The van der Waals surface area contributed by atoms with Crippen LogP contribution in [0.5, 0.6) is 0 Å². The number of amides is 3. The Morgan fingerprint density at radius 1 is 1.16 bits per heavy atom. The smallest absolute Gasteiger partial charge is 0.251 e. The van der Waals surface area contributed by atoms with Crippen LogP contribution in [0.15, 0.2) is 24.3 Å². The molecule has 1 aromatic rings. The summed E-state index contributed by atoms with van der Waals surface area (Å²) in [6.45, 7) is 4.59. The number of nitrogens with zero attached hydrogens (tertiary/aromatic N) is 3. The molecule has 1 aromatic carbocycles. The zero-order valence-corrected chi connectivity index (χ0v) is 19.2. The largest absolute Gasteiger partial charge is 0.399 e. The van der Waals surface area contributed by atoms with Crippen LogP contribution in [0.1, 0.15) is 37.0 Å². The van der Waals surface area contributed by atoms with Gasteiger partial charge in [-0.05, 0) is 57.1 Å². The van der Waals surface area contributed by atoms with Crippen LogP contribution in [0.4, 0.5) is 5.69 Å². The lowest BCUT2D eigenvalue weighted by Gasteiger charge is -2.29. The van der Waals surface area contributed by atoms with Gasteiger partial charge in [0.05, 0.1) is 19.1 Å². The minimum absolute atomic E-state index is 0.0262. The van der Waals surface area contributed by atoms with Gasteiger partial charge in [-0.25, -0.2) is 0 Å². The van der Waals surface area contributed by atoms with Crippen LogP contribution in [0.25, 0.3) is 0 Å². The third kappa shape index (κ3) is 5.09. The maximum atomic E-state index is 13.5. The van der Waals surface area contributed by atoms with E-state index >= 15 is 0 Å². The molecule has 0 spiro atoms. The van der Waals surface area contributed by atoms with Crippen molar-refractivity contribution in [2.75, 3.05) is 39.5 Å². The molecule has 2 saturated heterocycles. The number of rotatable bonds is 7. The van der Waals surface area contributed by atoms with Gasteiger partial charge in [0.25, 0.3) is 5.91 Å². The van der Waals surface area contributed by atoms with Crippen molar-refractivity contribution in [2.45, 2.75) is 44.8 Å². The standard InChI is InChI=1S/C23H33N5O4/c1-14(2)11-17(25-22(31)15-5-7-16(24)8-6-15)23(32)27-10-9-18-21(27)19(29)12-28(18)20(30)13-26(3)4/h5-8,14,17-18,21H,9-13,24H2,1-4H3,(H,25,31). The van der Waals surface area contributed by atoms with Crippen LogP contribution in [0, 0.1) is 5.92 Å². The van der Waals surface area contributed by atoms with Crippen LogP contribution in [-0.4, -0.2) is 90.1 Å². The third-order valence-corrected chi connectivity index (χ3v) is 5.96. The summed E-state index contributed by atoms with van der Waals surface area (Å²) >= 11 is 0. The first kappa shape index (κ1) is 23.7. The van der Waals surface area contributed by atoms with Crippen molar-refractivity contribution in [2.24, 2.45) is 5.92 Å². The third-order valence-electron chi connectivity index (χ3n) is 5.96. The molecule has 3 amide bonds. The van der Waals surface area contributed by atoms with E-state index in [1.807, 2.05) is 13.8 Å². The number of carbonyl (C=O) groups excluding carboxylic acids is 4. The maximum absolute atomic E-state index is 13.5. The molecule has 0 saturated carbocycles. The summed E-state index contributed by atoms with van der Waals surface area (Å²) in [6.07, 6.45) is 1.01.